The van der Waals surface area contributed by atoms with E-state index in [1.165, 1.54) is 0 Å². The average Bonchev–Trinajstić information content (AvgIpc) is 3.28. The number of hydrogen-bond acceptors (Lipinski definition) is 4. The first-order valence-electron chi connectivity index (χ1n) is 12.5. The summed E-state index contributed by atoms with van der Waals surface area (Å²) in [4.78, 5) is 30.6. The van der Waals surface area contributed by atoms with Crippen LogP contribution < -0.4 is 5.48 Å². The van der Waals surface area contributed by atoms with Gasteiger partial charge in [0, 0.05) is 45.7 Å². The van der Waals surface area contributed by atoms with Crippen LogP contribution in [0.3, 0.4) is 0 Å². The van der Waals surface area contributed by atoms with Crippen LogP contribution in [0.4, 0.5) is 0 Å². The smallest absolute Gasteiger partial charge is 0.341 e. The third-order valence-corrected chi connectivity index (χ3v) is 6.63. The SMILES string of the molecule is CC/C(=C\NOC(=O)c1ccccc1)c1ccc2c(c1)c1cc(C(=O)c3ccccc3)ccc1n2CC. The molecular formula is C32H28N2O3. The minimum absolute atomic E-state index is 0.00891. The molecule has 0 amide bonds. The van der Waals surface area contributed by atoms with Gasteiger partial charge in [-0.25, -0.2) is 10.3 Å². The molecule has 5 rings (SSSR count). The summed E-state index contributed by atoms with van der Waals surface area (Å²) in [6, 6.07) is 30.5. The van der Waals surface area contributed by atoms with Crippen molar-refractivity contribution in [1.82, 2.24) is 10.0 Å². The predicted octanol–water partition coefficient (Wildman–Crippen LogP) is 7.16. The maximum atomic E-state index is 13.1. The molecule has 5 heteroatoms. The molecule has 0 aliphatic rings. The van der Waals surface area contributed by atoms with E-state index in [2.05, 4.69) is 42.1 Å². The van der Waals surface area contributed by atoms with Gasteiger partial charge in [0.1, 0.15) is 0 Å². The molecule has 0 aliphatic carbocycles. The molecule has 0 atom stereocenters. The first-order chi connectivity index (χ1) is 18.1. The van der Waals surface area contributed by atoms with E-state index in [0.717, 1.165) is 45.9 Å². The largest absolute Gasteiger partial charge is 0.362 e. The number of fused-ring (bicyclic) bond motifs is 3. The van der Waals surface area contributed by atoms with E-state index in [-0.39, 0.29) is 5.78 Å². The number of hydroxylamine groups is 1. The zero-order chi connectivity index (χ0) is 25.8. The van der Waals surface area contributed by atoms with Gasteiger partial charge in [-0.05, 0) is 66.9 Å². The summed E-state index contributed by atoms with van der Waals surface area (Å²) in [6.07, 6.45) is 2.47. The zero-order valence-electron chi connectivity index (χ0n) is 20.9. The molecule has 184 valence electrons. The highest BCUT2D eigenvalue weighted by atomic mass is 16.7. The van der Waals surface area contributed by atoms with Crippen LogP contribution in [0.1, 0.15) is 52.1 Å². The number of nitrogens with one attached hydrogen (secondary N) is 1. The van der Waals surface area contributed by atoms with Crippen LogP contribution in [0.5, 0.6) is 0 Å². The predicted molar refractivity (Wildman–Crippen MR) is 148 cm³/mol. The lowest BCUT2D eigenvalue weighted by Crippen LogP contribution is -2.15. The molecule has 0 bridgehead atoms. The Bertz CT molecular complexity index is 1620. The van der Waals surface area contributed by atoms with Gasteiger partial charge in [0.05, 0.1) is 5.56 Å². The number of ketones is 1. The number of nitrogens with zero attached hydrogens (tertiary/aromatic N) is 1. The van der Waals surface area contributed by atoms with E-state index < -0.39 is 5.97 Å². The first kappa shape index (κ1) is 24.1. The molecule has 5 nitrogen and oxygen atoms in total. The fraction of sp³-hybridized carbons (Fsp3) is 0.125. The quantitative estimate of drug-likeness (QED) is 0.186. The van der Waals surface area contributed by atoms with Crippen molar-refractivity contribution in [2.45, 2.75) is 26.8 Å². The van der Waals surface area contributed by atoms with Gasteiger partial charge in [-0.15, -0.1) is 0 Å². The van der Waals surface area contributed by atoms with Crippen molar-refractivity contribution in [2.75, 3.05) is 0 Å². The summed E-state index contributed by atoms with van der Waals surface area (Å²) in [7, 11) is 0. The Morgan fingerprint density at radius 1 is 0.730 bits per heavy atom. The molecule has 0 unspecified atom stereocenters. The molecule has 1 N–H and O–H groups in total. The van der Waals surface area contributed by atoms with Crippen LogP contribution in [-0.2, 0) is 11.4 Å². The van der Waals surface area contributed by atoms with Gasteiger partial charge in [-0.3, -0.25) is 4.79 Å². The highest BCUT2D eigenvalue weighted by molar-refractivity contribution is 6.15. The van der Waals surface area contributed by atoms with Gasteiger partial charge >= 0.3 is 5.97 Å². The lowest BCUT2D eigenvalue weighted by Gasteiger charge is -2.09. The van der Waals surface area contributed by atoms with E-state index in [4.69, 9.17) is 4.84 Å². The maximum absolute atomic E-state index is 13.1. The van der Waals surface area contributed by atoms with Crippen molar-refractivity contribution in [1.29, 1.82) is 0 Å². The van der Waals surface area contributed by atoms with Crippen LogP contribution in [-0.4, -0.2) is 16.3 Å². The summed E-state index contributed by atoms with van der Waals surface area (Å²) in [5.41, 5.74) is 8.77. The number of hydrogen-bond donors (Lipinski definition) is 1. The van der Waals surface area contributed by atoms with Crippen molar-refractivity contribution in [3.8, 4) is 0 Å². The second-order valence-electron chi connectivity index (χ2n) is 8.80. The van der Waals surface area contributed by atoms with Crippen LogP contribution >= 0.6 is 0 Å². The Kier molecular flexibility index (Phi) is 6.86. The van der Waals surface area contributed by atoms with Crippen LogP contribution in [0.15, 0.2) is 103 Å². The highest BCUT2D eigenvalue weighted by Gasteiger charge is 2.15. The van der Waals surface area contributed by atoms with E-state index in [9.17, 15) is 9.59 Å². The number of benzene rings is 4. The third-order valence-electron chi connectivity index (χ3n) is 6.63. The van der Waals surface area contributed by atoms with E-state index in [1.54, 1.807) is 30.5 Å². The summed E-state index contributed by atoms with van der Waals surface area (Å²) >= 11 is 0. The Morgan fingerprint density at radius 3 is 1.89 bits per heavy atom. The topological polar surface area (TPSA) is 60.3 Å². The Labute approximate surface area is 215 Å². The molecule has 0 saturated carbocycles. The van der Waals surface area contributed by atoms with E-state index in [0.29, 0.717) is 16.7 Å². The molecular weight excluding hydrogens is 460 g/mol. The standard InChI is InChI=1S/C32H28N2O3/c1-3-22(21-33-37-32(36)24-13-9-6-10-14-24)25-15-17-29-27(19-25)28-20-26(16-18-30(28)34(29)4-2)31(35)23-11-7-5-8-12-23/h5-21,33H,3-4H2,1-2H3/b22-21+. The molecule has 0 spiro atoms. The summed E-state index contributed by atoms with van der Waals surface area (Å²) in [5, 5.41) is 2.12. The molecule has 1 aromatic heterocycles. The van der Waals surface area contributed by atoms with Gasteiger partial charge in [-0.1, -0.05) is 61.5 Å². The minimum atomic E-state index is -0.440. The summed E-state index contributed by atoms with van der Waals surface area (Å²) < 4.78 is 2.26. The van der Waals surface area contributed by atoms with E-state index >= 15 is 0 Å². The van der Waals surface area contributed by atoms with Crippen molar-refractivity contribution in [3.63, 3.8) is 0 Å². The zero-order valence-corrected chi connectivity index (χ0v) is 20.9. The highest BCUT2D eigenvalue weighted by Crippen LogP contribution is 2.33. The van der Waals surface area contributed by atoms with Crippen molar-refractivity contribution in [2.24, 2.45) is 0 Å². The number of aryl methyl sites for hydroxylation is 1. The van der Waals surface area contributed by atoms with Crippen LogP contribution in [0, 0.1) is 0 Å². The monoisotopic (exact) mass is 488 g/mol. The van der Waals surface area contributed by atoms with Gasteiger partial charge in [0.2, 0.25) is 0 Å². The molecule has 0 aliphatic heterocycles. The fourth-order valence-electron chi connectivity index (χ4n) is 4.72. The Hall–Kier alpha value is -4.64. The molecule has 0 fully saturated rings. The number of carbonyl (C=O) groups excluding carboxylic acids is 2. The van der Waals surface area contributed by atoms with Crippen LogP contribution in [0.25, 0.3) is 27.4 Å². The van der Waals surface area contributed by atoms with Crippen molar-refractivity contribution < 1.29 is 14.4 Å². The molecule has 0 saturated heterocycles. The molecule has 4 aromatic carbocycles. The Morgan fingerprint density at radius 2 is 1.30 bits per heavy atom. The summed E-state index contributed by atoms with van der Waals surface area (Å²) in [6.45, 7) is 5.00. The summed E-state index contributed by atoms with van der Waals surface area (Å²) in [5.74, 6) is -0.431. The third kappa shape index (κ3) is 4.76. The van der Waals surface area contributed by atoms with Crippen molar-refractivity contribution in [3.05, 3.63) is 126 Å². The fourth-order valence-corrected chi connectivity index (χ4v) is 4.72. The van der Waals surface area contributed by atoms with Gasteiger partial charge in [-0.2, -0.15) is 0 Å². The maximum Gasteiger partial charge on any atom is 0.362 e. The minimum Gasteiger partial charge on any atom is -0.341 e. The van der Waals surface area contributed by atoms with Gasteiger partial charge in [0.25, 0.3) is 0 Å². The number of aromatic nitrogens is 1. The van der Waals surface area contributed by atoms with Gasteiger partial charge in [0.15, 0.2) is 5.78 Å². The van der Waals surface area contributed by atoms with Gasteiger partial charge < -0.3 is 9.40 Å². The number of carbonyl (C=O) groups is 2. The Balaban J connectivity index is 1.50. The van der Waals surface area contributed by atoms with Crippen molar-refractivity contribution >= 4 is 39.1 Å². The number of allylic oxidation sites excluding steroid dienone is 1. The lowest BCUT2D eigenvalue weighted by molar-refractivity contribution is 0.0350. The molecule has 5 aromatic rings. The molecule has 0 radical (unpaired) electrons. The second kappa shape index (κ2) is 10.5. The lowest BCUT2D eigenvalue weighted by atomic mass is 9.99. The molecule has 37 heavy (non-hydrogen) atoms. The van der Waals surface area contributed by atoms with E-state index in [1.807, 2.05) is 54.6 Å². The normalized spacial score (nSPS) is 11.6. The van der Waals surface area contributed by atoms with Crippen LogP contribution in [0.2, 0.25) is 0 Å². The second-order valence-corrected chi connectivity index (χ2v) is 8.80. The average molecular weight is 489 g/mol. The molecule has 1 heterocycles. The number of rotatable bonds is 8. The first-order valence-corrected chi connectivity index (χ1v) is 12.5.